The van der Waals surface area contributed by atoms with Crippen LogP contribution in [0.15, 0.2) is 156 Å². The number of carboxylic acid groups (broad SMARTS) is 3. The van der Waals surface area contributed by atoms with Gasteiger partial charge in [-0.05, 0) is 4.93 Å². The molecule has 0 saturated carbocycles. The third kappa shape index (κ3) is 112. The van der Waals surface area contributed by atoms with Crippen LogP contribution in [0.25, 0.3) is 0 Å². The number of methoxy groups -OCH3 is 3. The van der Waals surface area contributed by atoms with Crippen LogP contribution in [-0.4, -0.2) is 119 Å². The van der Waals surface area contributed by atoms with Gasteiger partial charge in [-0.3, -0.25) is 4.93 Å². The second kappa shape index (κ2) is 102. The van der Waals surface area contributed by atoms with Crippen molar-refractivity contribution >= 4 is 157 Å². The van der Waals surface area contributed by atoms with E-state index >= 15 is 0 Å². The van der Waals surface area contributed by atoms with E-state index in [4.69, 9.17) is 90.3 Å². The number of nitrogens with zero attached hydrogens (tertiary/aromatic N) is 3. The Morgan fingerprint density at radius 1 is 0.366 bits per heavy atom. The Balaban J connectivity index is -0.0000000545. The number of halogens is 10. The topological polar surface area (TPSA) is 292 Å². The summed E-state index contributed by atoms with van der Waals surface area (Å²) >= 11 is 18.0. The molecule has 112 heavy (non-hydrogen) atoms. The minimum Gasteiger partial charge on any atom is -0.870 e. The average Bonchev–Trinajstić information content (AvgIpc) is 0.764. The molecule has 0 aromatic heterocycles. The summed E-state index contributed by atoms with van der Waals surface area (Å²) in [5, 5.41) is 49.6. The summed E-state index contributed by atoms with van der Waals surface area (Å²) < 4.78 is 92.5. The molecule has 0 unspecified atom stereocenters. The summed E-state index contributed by atoms with van der Waals surface area (Å²) in [4.78, 5) is 67.9. The summed E-state index contributed by atoms with van der Waals surface area (Å²) in [6, 6.07) is 5.19. The molecule has 0 spiro atoms. The number of hydrogen-bond donors (Lipinski definition) is 3. The molecule has 0 atom stereocenters. The van der Waals surface area contributed by atoms with Crippen molar-refractivity contribution in [3.05, 3.63) is 220 Å². The van der Waals surface area contributed by atoms with Crippen molar-refractivity contribution in [1.29, 1.82) is 15.8 Å². The van der Waals surface area contributed by atoms with Gasteiger partial charge in [-0.15, -0.1) is 0 Å². The molecule has 0 amide bonds. The summed E-state index contributed by atoms with van der Waals surface area (Å²) in [6.45, 7) is 67.6. The van der Waals surface area contributed by atoms with E-state index in [2.05, 4.69) is 81.7 Å². The Morgan fingerprint density at radius 3 is 0.714 bits per heavy atom. The number of alkyl halides is 1. The number of allylic oxidation sites excluding steroid dienone is 15. The monoisotopic (exact) mass is 3620 g/mol. The summed E-state index contributed by atoms with van der Waals surface area (Å²) in [5.74, 6) is -6.92. The molecule has 1 radical (unpaired) electrons. The molecule has 0 saturated heterocycles. The number of carboxylic acids is 3. The van der Waals surface area contributed by atoms with Gasteiger partial charge in [0, 0.05) is 18.6 Å². The van der Waals surface area contributed by atoms with Crippen LogP contribution < -0.4 is 29.6 Å². The van der Waals surface area contributed by atoms with E-state index in [1.54, 1.807) is 52.0 Å². The summed E-state index contributed by atoms with van der Waals surface area (Å²) in [6.07, 6.45) is 11.3. The standard InChI is InChI=1S/C9H11O2.2C8H8FO2.C8H8N.C8H9O2.2C7H5FN.2C7H6FO2.CH3I.CH2I.3CH4.2HI.Na.H2O.2V.9W/c1-5-7(2)6-8(3)9(10)11-4;1-6(5-9)4-7(2)8(10)11-3;1-4-7(9)5-6(2)8(10)11-3;1-4-7(2)5-8(3)6-9;1-4-6(2)5-7(3)8(9)10;1-6(4-8)3-7(2)5-9;1-3-7(8)4-6(2)5-9;1-5(4-8)3-6(2)7(9)10;1-3-6(8)4-5(2)7(9)10;2*1-2;;;;;;;;;;;;;;;;;;/h3,6H,1-2,4H3;2,4H,1,3H3;2,5H,1,3H3;3,5H,1-2H3;3,5H,1-2H3,(H,9,10);2-3H,1H3;2,4H,1H3;2-3H,1H3,(H,9,10);2,4H,1H3,(H,9,10);1H3;1H2;3*1H4;2*1H;;1H2;;;;;;;;;;;/q9*-1;;-1;;;;;;+1;;;+2;;;;;;;;;/p-3. The second-order valence-electron chi connectivity index (χ2n) is 17.5. The fourth-order valence-electron chi connectivity index (χ4n) is 3.40. The van der Waals surface area contributed by atoms with E-state index < -0.39 is 58.9 Å². The van der Waals surface area contributed by atoms with Gasteiger partial charge >= 0.3 is 763 Å². The molecule has 0 fully saturated rings. The summed E-state index contributed by atoms with van der Waals surface area (Å²) in [5.41, 5.74) is 3.19. The first-order valence-electron chi connectivity index (χ1n) is 26.7. The van der Waals surface area contributed by atoms with Crippen molar-refractivity contribution < 1.29 is 322 Å². The largest absolute Gasteiger partial charge is 1.00 e. The predicted octanol–water partition coefficient (Wildman–Crippen LogP) is 13.8. The van der Waals surface area contributed by atoms with Gasteiger partial charge in [-0.1, -0.05) is 44.9 Å². The number of carbonyl (C=O) groups excluding carboxylic acids is 3. The molecule has 0 aromatic rings. The molecule has 0 bridgehead atoms. The number of carbonyl (C=O) groups is 6. The van der Waals surface area contributed by atoms with Gasteiger partial charge in [0.1, 0.15) is 0 Å². The molecule has 0 aliphatic rings. The van der Waals surface area contributed by atoms with Gasteiger partial charge in [0.15, 0.2) is 0 Å². The minimum absolute atomic E-state index is 0. The number of aliphatic carboxylic acids is 3. The number of ether oxygens (including phenoxy) is 3. The number of rotatable bonds is 24. The predicted molar refractivity (Wildman–Crippen MR) is 428 cm³/mol. The number of esters is 3. The molecule has 0 aliphatic heterocycles. The van der Waals surface area contributed by atoms with Gasteiger partial charge in [0.2, 0.25) is 0 Å². The van der Waals surface area contributed by atoms with Crippen LogP contribution in [0.1, 0.15) is 105 Å². The van der Waals surface area contributed by atoms with Crippen LogP contribution in [0.3, 0.4) is 0 Å². The Hall–Kier alpha value is 0.264. The Bertz CT molecular complexity index is 3400. The molecular weight excluding hydrogens is 3540 g/mol. The maximum absolute atomic E-state index is 12.8. The quantitative estimate of drug-likeness (QED) is 0.00773. The fraction of sp³-hybridized carbons (Fsp3) is 0.257. The molecular formula is C74H84F6I4N3NaO13V2W9-10. The molecule has 0 aliphatic carbocycles. The van der Waals surface area contributed by atoms with Crippen LogP contribution in [0.4, 0.5) is 26.3 Å². The number of hydrogen-bond acceptors (Lipinski definition) is 13. The van der Waals surface area contributed by atoms with Gasteiger partial charge < -0.3 is 28.1 Å². The Kier molecular flexibility index (Phi) is 142. The Morgan fingerprint density at radius 2 is 0.518 bits per heavy atom. The molecule has 0 rings (SSSR count). The molecule has 16 nitrogen and oxygen atoms in total. The van der Waals surface area contributed by atoms with E-state index in [1.807, 2.05) is 75.1 Å². The van der Waals surface area contributed by atoms with Crippen LogP contribution in [0.2, 0.25) is 0 Å². The van der Waals surface area contributed by atoms with E-state index in [-0.39, 0.29) is 138 Å². The first-order valence-corrected chi connectivity index (χ1v) is 52.5. The third-order valence-electron chi connectivity index (χ3n) is 9.08. The maximum Gasteiger partial charge on any atom is 1.00 e. The maximum atomic E-state index is 12.8. The van der Waals surface area contributed by atoms with Gasteiger partial charge in [-0.2, -0.15) is 0 Å². The van der Waals surface area contributed by atoms with Crippen molar-refractivity contribution in [3.63, 3.8) is 0 Å². The van der Waals surface area contributed by atoms with E-state index in [0.717, 1.165) is 122 Å². The van der Waals surface area contributed by atoms with Crippen molar-refractivity contribution in [2.24, 2.45) is 0 Å². The van der Waals surface area contributed by atoms with Crippen LogP contribution >= 0.6 is 85.1 Å². The molecule has 618 valence electrons. The zero-order valence-electron chi connectivity index (χ0n) is 61.3. The third-order valence-corrected chi connectivity index (χ3v) is 18.1. The Labute approximate surface area is 850 Å². The van der Waals surface area contributed by atoms with Crippen molar-refractivity contribution in [2.45, 2.75) is 105 Å². The second-order valence-corrected chi connectivity index (χ2v) is 46.3. The molecule has 4 N–H and O–H groups in total. The van der Waals surface area contributed by atoms with Crippen LogP contribution in [0.5, 0.6) is 0 Å². The molecule has 38 heteroatoms. The van der Waals surface area contributed by atoms with Gasteiger partial charge in [0.25, 0.3) is 0 Å². The first-order chi connectivity index (χ1) is 48.4. The average molecular weight is 3620 g/mol. The smallest absolute Gasteiger partial charge is 0.870 e. The van der Waals surface area contributed by atoms with Crippen molar-refractivity contribution in [3.8, 4) is 18.2 Å². The molecule has 0 heterocycles. The zero-order chi connectivity index (χ0) is 87.4. The van der Waals surface area contributed by atoms with Gasteiger partial charge in [-0.25, -0.2) is 0 Å². The van der Waals surface area contributed by atoms with Crippen LogP contribution in [0, 0.1) is 98.1 Å². The van der Waals surface area contributed by atoms with E-state index in [1.165, 1.54) is 119 Å². The van der Waals surface area contributed by atoms with E-state index in [0.29, 0.717) is 71.0 Å². The normalized spacial score (nSPS) is 9.66. The van der Waals surface area contributed by atoms with Crippen LogP contribution in [-0.2, 0) is 245 Å². The van der Waals surface area contributed by atoms with Crippen molar-refractivity contribution in [1.82, 2.24) is 0 Å². The van der Waals surface area contributed by atoms with E-state index in [9.17, 15) is 55.1 Å². The SMILES string of the molecule is C.C.C.CI.[CH-]=C(C#N)C=C(C)[C](C)=[W].[CH-]=C(C#N)C=C(C)[C](F)=[W].[CH-]=C(C#N)C=C(F)[C](C)=[W].[CH-]=C(C=C(C)[C](C)=[W])C(=O)O.[CH-]=C(C=C(C)[C](C)=[W])C(=O)OC.[CH-]=C(C=C(C)[C](F)=[W])C(=O)O.[CH-]=C(C=C(C)[C](F)=[W])C(=O)OC.[CH-]=C(C=C(F)[C](C)=[W])C(=O)O.[CH-]=C(C=C(F)[C](C)=[W])C(=O)OC.[CH2-]I.[I][V][I].[Na+].[OH-].[V]. The first kappa shape index (κ1) is 156. The minimum atomic E-state index is -1.31. The number of nitriles is 3. The zero-order valence-corrected chi connectivity index (χ0v) is 101. The fourth-order valence-corrected chi connectivity index (χ4v) is 5.31. The van der Waals surface area contributed by atoms with Gasteiger partial charge in [0.05, 0.1) is 0 Å². The van der Waals surface area contributed by atoms with Crippen molar-refractivity contribution in [2.75, 3.05) is 26.3 Å². The molecule has 0 aromatic carbocycles. The summed E-state index contributed by atoms with van der Waals surface area (Å²) in [7, 11) is 4.35.